The molecule has 3 heteroatoms. The summed E-state index contributed by atoms with van der Waals surface area (Å²) < 4.78 is 0. The molecule has 0 bridgehead atoms. The van der Waals surface area contributed by atoms with Crippen molar-refractivity contribution in [3.63, 3.8) is 0 Å². The molecule has 0 unspecified atom stereocenters. The molecule has 0 aromatic heterocycles. The minimum atomic E-state index is -0.646. The Morgan fingerprint density at radius 3 is 2.50 bits per heavy atom. The zero-order chi connectivity index (χ0) is 12.2. The van der Waals surface area contributed by atoms with Crippen LogP contribution in [0.2, 0.25) is 5.02 Å². The minimum absolute atomic E-state index is 0.531. The summed E-state index contributed by atoms with van der Waals surface area (Å²) in [7, 11) is 0. The van der Waals surface area contributed by atoms with Gasteiger partial charge in [-0.3, -0.25) is 0 Å². The number of aryl methyl sites for hydroxylation is 1. The van der Waals surface area contributed by atoms with E-state index >= 15 is 0 Å². The quantitative estimate of drug-likeness (QED) is 0.826. The van der Waals surface area contributed by atoms with Gasteiger partial charge in [0, 0.05) is 6.54 Å². The molecule has 1 aromatic rings. The third kappa shape index (κ3) is 3.39. The van der Waals surface area contributed by atoms with Crippen LogP contribution in [-0.2, 0) is 0 Å². The molecule has 0 aliphatic carbocycles. The van der Waals surface area contributed by atoms with Crippen LogP contribution in [0.3, 0.4) is 0 Å². The number of aliphatic hydroxyl groups is 1. The van der Waals surface area contributed by atoms with Crippen LogP contribution in [0.1, 0.15) is 32.3 Å². The van der Waals surface area contributed by atoms with Crippen LogP contribution in [0.4, 0.5) is 5.69 Å². The van der Waals surface area contributed by atoms with Gasteiger partial charge in [-0.25, -0.2) is 0 Å². The lowest BCUT2D eigenvalue weighted by Gasteiger charge is -2.26. The van der Waals surface area contributed by atoms with E-state index in [1.807, 2.05) is 39.0 Å². The van der Waals surface area contributed by atoms with Gasteiger partial charge < -0.3 is 10.4 Å². The van der Waals surface area contributed by atoms with Crippen molar-refractivity contribution in [2.24, 2.45) is 0 Å². The molecule has 0 atom stereocenters. The van der Waals surface area contributed by atoms with Crippen molar-refractivity contribution < 1.29 is 5.11 Å². The highest BCUT2D eigenvalue weighted by Gasteiger charge is 2.21. The first-order valence-electron chi connectivity index (χ1n) is 5.73. The zero-order valence-corrected chi connectivity index (χ0v) is 10.9. The molecule has 0 aliphatic heterocycles. The van der Waals surface area contributed by atoms with Gasteiger partial charge in [0.2, 0.25) is 0 Å². The van der Waals surface area contributed by atoms with Crippen molar-refractivity contribution in [2.75, 3.05) is 11.9 Å². The van der Waals surface area contributed by atoms with Crippen molar-refractivity contribution in [3.8, 4) is 0 Å². The van der Waals surface area contributed by atoms with Gasteiger partial charge in [0.05, 0.1) is 16.3 Å². The molecule has 0 fully saturated rings. The zero-order valence-electron chi connectivity index (χ0n) is 10.2. The van der Waals surface area contributed by atoms with Gasteiger partial charge in [-0.15, -0.1) is 0 Å². The van der Waals surface area contributed by atoms with E-state index in [9.17, 15) is 5.11 Å². The highest BCUT2D eigenvalue weighted by Crippen LogP contribution is 2.24. The highest BCUT2D eigenvalue weighted by atomic mass is 35.5. The molecule has 16 heavy (non-hydrogen) atoms. The fourth-order valence-electron chi connectivity index (χ4n) is 1.53. The monoisotopic (exact) mass is 241 g/mol. The Balaban J connectivity index is 2.70. The SMILES string of the molecule is CCC(O)(CC)CNc1cc(C)ccc1Cl. The molecule has 1 rings (SSSR count). The Labute approximate surface area is 103 Å². The van der Waals surface area contributed by atoms with E-state index in [1.165, 1.54) is 0 Å². The van der Waals surface area contributed by atoms with Gasteiger partial charge in [-0.05, 0) is 37.5 Å². The average Bonchev–Trinajstić information content (AvgIpc) is 2.30. The van der Waals surface area contributed by atoms with E-state index in [-0.39, 0.29) is 0 Å². The lowest BCUT2D eigenvalue weighted by Crippen LogP contribution is -2.35. The standard InChI is InChI=1S/C13H20ClNO/c1-4-13(16,5-2)9-15-12-8-10(3)6-7-11(12)14/h6-8,15-16H,4-5,9H2,1-3H3. The highest BCUT2D eigenvalue weighted by molar-refractivity contribution is 6.33. The van der Waals surface area contributed by atoms with E-state index < -0.39 is 5.60 Å². The summed E-state index contributed by atoms with van der Waals surface area (Å²) in [6.07, 6.45) is 1.47. The summed E-state index contributed by atoms with van der Waals surface area (Å²) in [6, 6.07) is 5.84. The Kier molecular flexibility index (Phi) is 4.63. The predicted octanol–water partition coefficient (Wildman–Crippen LogP) is 3.61. The maximum Gasteiger partial charge on any atom is 0.0814 e. The van der Waals surface area contributed by atoms with E-state index in [2.05, 4.69) is 5.32 Å². The van der Waals surface area contributed by atoms with Gasteiger partial charge in [0.15, 0.2) is 0 Å². The van der Waals surface area contributed by atoms with Crippen molar-refractivity contribution in [2.45, 2.75) is 39.2 Å². The third-order valence-electron chi connectivity index (χ3n) is 3.05. The summed E-state index contributed by atoms with van der Waals surface area (Å²) >= 11 is 6.07. The Hall–Kier alpha value is -0.730. The number of hydrogen-bond acceptors (Lipinski definition) is 2. The first-order valence-corrected chi connectivity index (χ1v) is 6.11. The van der Waals surface area contributed by atoms with E-state index in [4.69, 9.17) is 11.6 Å². The van der Waals surface area contributed by atoms with Crippen molar-refractivity contribution >= 4 is 17.3 Å². The van der Waals surface area contributed by atoms with Crippen LogP contribution in [0.15, 0.2) is 18.2 Å². The molecule has 0 heterocycles. The van der Waals surface area contributed by atoms with Gasteiger partial charge >= 0.3 is 0 Å². The summed E-state index contributed by atoms with van der Waals surface area (Å²) in [6.45, 7) is 6.53. The number of anilines is 1. The van der Waals surface area contributed by atoms with E-state index in [0.717, 1.165) is 24.1 Å². The van der Waals surface area contributed by atoms with Gasteiger partial charge in [0.1, 0.15) is 0 Å². The van der Waals surface area contributed by atoms with Crippen molar-refractivity contribution in [1.82, 2.24) is 0 Å². The fourth-order valence-corrected chi connectivity index (χ4v) is 1.72. The molecule has 0 saturated heterocycles. The topological polar surface area (TPSA) is 32.3 Å². The molecule has 90 valence electrons. The van der Waals surface area contributed by atoms with E-state index in [1.54, 1.807) is 0 Å². The number of benzene rings is 1. The second-order valence-electron chi connectivity index (χ2n) is 4.27. The summed E-state index contributed by atoms with van der Waals surface area (Å²) in [4.78, 5) is 0. The second kappa shape index (κ2) is 5.55. The largest absolute Gasteiger partial charge is 0.388 e. The Morgan fingerprint density at radius 2 is 1.94 bits per heavy atom. The lowest BCUT2D eigenvalue weighted by molar-refractivity contribution is 0.0457. The molecule has 0 spiro atoms. The number of hydrogen-bond donors (Lipinski definition) is 2. The first-order chi connectivity index (χ1) is 7.50. The summed E-state index contributed by atoms with van der Waals surface area (Å²) in [5.74, 6) is 0. The van der Waals surface area contributed by atoms with Crippen LogP contribution >= 0.6 is 11.6 Å². The van der Waals surface area contributed by atoms with Crippen LogP contribution in [0, 0.1) is 6.92 Å². The molecule has 0 aliphatic rings. The normalized spacial score (nSPS) is 11.6. The number of rotatable bonds is 5. The van der Waals surface area contributed by atoms with Crippen LogP contribution in [-0.4, -0.2) is 17.3 Å². The van der Waals surface area contributed by atoms with Crippen molar-refractivity contribution in [1.29, 1.82) is 0 Å². The second-order valence-corrected chi connectivity index (χ2v) is 4.68. The van der Waals surface area contributed by atoms with Crippen LogP contribution in [0.5, 0.6) is 0 Å². The summed E-state index contributed by atoms with van der Waals surface area (Å²) in [5, 5.41) is 14.1. The maximum absolute atomic E-state index is 10.1. The van der Waals surface area contributed by atoms with Crippen molar-refractivity contribution in [3.05, 3.63) is 28.8 Å². The average molecular weight is 242 g/mol. The molecule has 2 nitrogen and oxygen atoms in total. The van der Waals surface area contributed by atoms with Crippen LogP contribution in [0.25, 0.3) is 0 Å². The number of nitrogens with one attached hydrogen (secondary N) is 1. The van der Waals surface area contributed by atoms with Gasteiger partial charge in [-0.2, -0.15) is 0 Å². The molecule has 0 radical (unpaired) electrons. The molecule has 1 aromatic carbocycles. The molecule has 0 saturated carbocycles. The predicted molar refractivity (Wildman–Crippen MR) is 70.2 cm³/mol. The molecule has 0 amide bonds. The first kappa shape index (κ1) is 13.3. The molecular weight excluding hydrogens is 222 g/mol. The van der Waals surface area contributed by atoms with E-state index in [0.29, 0.717) is 11.6 Å². The summed E-state index contributed by atoms with van der Waals surface area (Å²) in [5.41, 5.74) is 1.40. The number of halogens is 1. The van der Waals surface area contributed by atoms with Crippen LogP contribution < -0.4 is 5.32 Å². The Morgan fingerprint density at radius 1 is 1.31 bits per heavy atom. The minimum Gasteiger partial charge on any atom is -0.388 e. The van der Waals surface area contributed by atoms with Gasteiger partial charge in [-0.1, -0.05) is 31.5 Å². The third-order valence-corrected chi connectivity index (χ3v) is 3.38. The molecule has 2 N–H and O–H groups in total. The fraction of sp³-hybridized carbons (Fsp3) is 0.538. The Bertz CT molecular complexity index is 348. The lowest BCUT2D eigenvalue weighted by atomic mass is 9.97. The molecular formula is C13H20ClNO. The maximum atomic E-state index is 10.1. The smallest absolute Gasteiger partial charge is 0.0814 e. The van der Waals surface area contributed by atoms with Gasteiger partial charge in [0.25, 0.3) is 0 Å².